The number of nitrogens with zero attached hydrogens (tertiary/aromatic N) is 4. The van der Waals surface area contributed by atoms with Crippen molar-refractivity contribution in [2.24, 2.45) is 7.05 Å². The maximum Gasteiger partial charge on any atom is 0.175 e. The molecule has 0 spiro atoms. The van der Waals surface area contributed by atoms with Crippen LogP contribution in [0, 0.1) is 5.82 Å². The van der Waals surface area contributed by atoms with Gasteiger partial charge in [-0.05, 0) is 35.8 Å². The molecular formula is C14H18FN5. The molecule has 1 heterocycles. The van der Waals surface area contributed by atoms with Gasteiger partial charge in [0.1, 0.15) is 5.82 Å². The van der Waals surface area contributed by atoms with Crippen LogP contribution in [0.25, 0.3) is 0 Å². The molecule has 0 saturated heterocycles. The van der Waals surface area contributed by atoms with E-state index in [-0.39, 0.29) is 11.7 Å². The predicted octanol–water partition coefficient (Wildman–Crippen LogP) is 1.43. The number of hydrogen-bond donors (Lipinski definition) is 1. The van der Waals surface area contributed by atoms with E-state index in [1.807, 2.05) is 12.1 Å². The largest absolute Gasteiger partial charge is 0.313 e. The second-order valence-corrected chi connectivity index (χ2v) is 5.33. The van der Waals surface area contributed by atoms with E-state index in [9.17, 15) is 4.39 Å². The van der Waals surface area contributed by atoms with Crippen LogP contribution in [-0.2, 0) is 13.5 Å². The quantitative estimate of drug-likeness (QED) is 0.866. The second-order valence-electron chi connectivity index (χ2n) is 5.33. The average molecular weight is 275 g/mol. The van der Waals surface area contributed by atoms with Crippen LogP contribution in [0.1, 0.15) is 30.1 Å². The Morgan fingerprint density at radius 1 is 1.35 bits per heavy atom. The summed E-state index contributed by atoms with van der Waals surface area (Å²) in [7, 11) is 1.76. The maximum atomic E-state index is 13.1. The topological polar surface area (TPSA) is 55.6 Å². The number of rotatable bonds is 6. The van der Waals surface area contributed by atoms with Crippen molar-refractivity contribution < 1.29 is 4.39 Å². The van der Waals surface area contributed by atoms with Crippen molar-refractivity contribution in [3.63, 3.8) is 0 Å². The molecule has 6 heteroatoms. The monoisotopic (exact) mass is 275 g/mol. The molecule has 0 bridgehead atoms. The third-order valence-corrected chi connectivity index (χ3v) is 3.55. The van der Waals surface area contributed by atoms with Crippen LogP contribution in [0.3, 0.4) is 0 Å². The zero-order valence-corrected chi connectivity index (χ0v) is 11.5. The third kappa shape index (κ3) is 3.39. The number of nitrogens with one attached hydrogen (secondary N) is 1. The van der Waals surface area contributed by atoms with Crippen LogP contribution >= 0.6 is 0 Å². The Morgan fingerprint density at radius 3 is 2.70 bits per heavy atom. The molecule has 1 N–H and O–H groups in total. The fraction of sp³-hybridized carbons (Fsp3) is 0.500. The van der Waals surface area contributed by atoms with Crippen molar-refractivity contribution in [1.82, 2.24) is 25.5 Å². The van der Waals surface area contributed by atoms with Gasteiger partial charge in [-0.2, -0.15) is 4.80 Å². The van der Waals surface area contributed by atoms with Gasteiger partial charge in [0, 0.05) is 24.9 Å². The molecule has 1 aromatic carbocycles. The molecule has 1 atom stereocenters. The molecule has 1 aliphatic rings. The lowest BCUT2D eigenvalue weighted by Gasteiger charge is -2.16. The minimum Gasteiger partial charge on any atom is -0.313 e. The van der Waals surface area contributed by atoms with Crippen molar-refractivity contribution in [1.29, 1.82) is 0 Å². The van der Waals surface area contributed by atoms with E-state index in [1.54, 1.807) is 7.05 Å². The van der Waals surface area contributed by atoms with Crippen molar-refractivity contribution in [3.05, 3.63) is 41.5 Å². The van der Waals surface area contributed by atoms with E-state index in [4.69, 9.17) is 0 Å². The van der Waals surface area contributed by atoms with E-state index in [1.165, 1.54) is 29.8 Å². The van der Waals surface area contributed by atoms with Crippen molar-refractivity contribution >= 4 is 0 Å². The minimum absolute atomic E-state index is 0.208. The fourth-order valence-electron chi connectivity index (χ4n) is 2.26. The van der Waals surface area contributed by atoms with E-state index in [2.05, 4.69) is 20.7 Å². The molecule has 0 radical (unpaired) electrons. The summed E-state index contributed by atoms with van der Waals surface area (Å²) in [6, 6.07) is 7.33. The summed E-state index contributed by atoms with van der Waals surface area (Å²) in [6.07, 6.45) is 3.21. The predicted molar refractivity (Wildman–Crippen MR) is 72.7 cm³/mol. The van der Waals surface area contributed by atoms with Crippen LogP contribution in [0.5, 0.6) is 0 Å². The summed E-state index contributed by atoms with van der Waals surface area (Å²) in [5, 5.41) is 15.7. The van der Waals surface area contributed by atoms with Gasteiger partial charge >= 0.3 is 0 Å². The van der Waals surface area contributed by atoms with E-state index in [0.717, 1.165) is 17.9 Å². The van der Waals surface area contributed by atoms with Crippen LogP contribution in [0.15, 0.2) is 24.3 Å². The molecule has 1 saturated carbocycles. The normalized spacial score (nSPS) is 16.3. The molecule has 20 heavy (non-hydrogen) atoms. The Morgan fingerprint density at radius 2 is 2.10 bits per heavy atom. The zero-order valence-electron chi connectivity index (χ0n) is 11.5. The molecule has 5 nitrogen and oxygen atoms in total. The molecule has 106 valence electrons. The van der Waals surface area contributed by atoms with Gasteiger partial charge in [-0.25, -0.2) is 4.39 Å². The van der Waals surface area contributed by atoms with Gasteiger partial charge in [0.25, 0.3) is 0 Å². The lowest BCUT2D eigenvalue weighted by Crippen LogP contribution is -2.25. The Bertz CT molecular complexity index is 561. The Hall–Kier alpha value is -1.82. The first-order valence-electron chi connectivity index (χ1n) is 6.92. The first-order valence-corrected chi connectivity index (χ1v) is 6.92. The van der Waals surface area contributed by atoms with Crippen LogP contribution in [0.2, 0.25) is 0 Å². The minimum atomic E-state index is -0.208. The molecule has 1 aliphatic carbocycles. The average Bonchev–Trinajstić information content (AvgIpc) is 3.18. The molecular weight excluding hydrogens is 257 g/mol. The molecule has 1 unspecified atom stereocenters. The molecule has 3 rings (SSSR count). The summed E-state index contributed by atoms with van der Waals surface area (Å²) in [6.45, 7) is 0.856. The summed E-state index contributed by atoms with van der Waals surface area (Å²) in [5.41, 5.74) is 1.10. The number of aromatic nitrogens is 4. The van der Waals surface area contributed by atoms with Gasteiger partial charge < -0.3 is 5.32 Å². The number of aryl methyl sites for hydroxylation is 1. The summed E-state index contributed by atoms with van der Waals surface area (Å²) >= 11 is 0. The second kappa shape index (κ2) is 5.66. The molecule has 0 aliphatic heterocycles. The third-order valence-electron chi connectivity index (χ3n) is 3.55. The first-order chi connectivity index (χ1) is 9.70. The smallest absolute Gasteiger partial charge is 0.175 e. The van der Waals surface area contributed by atoms with Crippen molar-refractivity contribution in [2.45, 2.75) is 31.2 Å². The SMILES string of the molecule is Cn1nnc(CC(CNC2CC2)c2ccc(F)cc2)n1. The molecule has 1 aromatic heterocycles. The lowest BCUT2D eigenvalue weighted by molar-refractivity contribution is 0.561. The van der Waals surface area contributed by atoms with Gasteiger partial charge in [-0.15, -0.1) is 10.2 Å². The standard InChI is InChI=1S/C14H18FN5/c1-20-18-14(17-19-20)8-11(9-16-13-6-7-13)10-2-4-12(15)5-3-10/h2-5,11,13,16H,6-9H2,1H3. The van der Waals surface area contributed by atoms with E-state index < -0.39 is 0 Å². The van der Waals surface area contributed by atoms with Gasteiger partial charge in [0.15, 0.2) is 5.82 Å². The van der Waals surface area contributed by atoms with Crippen LogP contribution < -0.4 is 5.32 Å². The maximum absolute atomic E-state index is 13.1. The highest BCUT2D eigenvalue weighted by Crippen LogP contribution is 2.23. The van der Waals surface area contributed by atoms with E-state index >= 15 is 0 Å². The van der Waals surface area contributed by atoms with Crippen molar-refractivity contribution in [2.75, 3.05) is 6.54 Å². The van der Waals surface area contributed by atoms with Gasteiger partial charge in [-0.3, -0.25) is 0 Å². The number of hydrogen-bond acceptors (Lipinski definition) is 4. The van der Waals surface area contributed by atoms with Crippen LogP contribution in [0.4, 0.5) is 4.39 Å². The highest BCUT2D eigenvalue weighted by atomic mass is 19.1. The Labute approximate surface area is 117 Å². The number of tetrazole rings is 1. The summed E-state index contributed by atoms with van der Waals surface area (Å²) in [5.74, 6) is 0.750. The number of benzene rings is 1. The van der Waals surface area contributed by atoms with Crippen molar-refractivity contribution in [3.8, 4) is 0 Å². The van der Waals surface area contributed by atoms with E-state index in [0.29, 0.717) is 12.5 Å². The highest BCUT2D eigenvalue weighted by Gasteiger charge is 2.23. The van der Waals surface area contributed by atoms with Crippen LogP contribution in [-0.4, -0.2) is 32.8 Å². The Kier molecular flexibility index (Phi) is 3.73. The fourth-order valence-corrected chi connectivity index (χ4v) is 2.26. The van der Waals surface area contributed by atoms with Gasteiger partial charge in [-0.1, -0.05) is 12.1 Å². The summed E-state index contributed by atoms with van der Waals surface area (Å²) < 4.78 is 13.1. The first kappa shape index (κ1) is 13.2. The summed E-state index contributed by atoms with van der Waals surface area (Å²) in [4.78, 5) is 1.46. The lowest BCUT2D eigenvalue weighted by atomic mass is 9.95. The van der Waals surface area contributed by atoms with Gasteiger partial charge in [0.05, 0.1) is 7.05 Å². The Balaban J connectivity index is 1.73. The molecule has 1 fully saturated rings. The molecule has 0 amide bonds. The highest BCUT2D eigenvalue weighted by molar-refractivity contribution is 5.22. The molecule has 2 aromatic rings. The zero-order chi connectivity index (χ0) is 13.9. The number of halogens is 1. The van der Waals surface area contributed by atoms with Gasteiger partial charge in [0.2, 0.25) is 0 Å².